The zero-order valence-corrected chi connectivity index (χ0v) is 11.8. The van der Waals surface area contributed by atoms with Crippen LogP contribution in [-0.2, 0) is 11.2 Å². The Hall–Kier alpha value is -0.930. The molecule has 0 bridgehead atoms. The van der Waals surface area contributed by atoms with E-state index in [1.807, 2.05) is 12.1 Å². The van der Waals surface area contributed by atoms with E-state index in [4.69, 9.17) is 4.74 Å². The van der Waals surface area contributed by atoms with Crippen LogP contribution in [0.15, 0.2) is 24.3 Å². The van der Waals surface area contributed by atoms with E-state index >= 15 is 0 Å². The van der Waals surface area contributed by atoms with Crippen LogP contribution >= 0.6 is 0 Å². The largest absolute Gasteiger partial charge is 0.383 e. The minimum Gasteiger partial charge on any atom is -0.383 e. The molecule has 3 heteroatoms. The number of methoxy groups -OCH3 is 1. The highest BCUT2D eigenvalue weighted by atomic mass is 19.1. The highest BCUT2D eigenvalue weighted by Crippen LogP contribution is 2.40. The van der Waals surface area contributed by atoms with Crippen LogP contribution in [0.2, 0.25) is 0 Å². The Bertz CT molecular complexity index is 371. The lowest BCUT2D eigenvalue weighted by molar-refractivity contribution is 0.190. The predicted molar refractivity (Wildman–Crippen MR) is 75.8 cm³/mol. The second-order valence-corrected chi connectivity index (χ2v) is 5.68. The van der Waals surface area contributed by atoms with E-state index in [0.717, 1.165) is 26.1 Å². The molecule has 0 heterocycles. The van der Waals surface area contributed by atoms with E-state index in [0.29, 0.717) is 5.41 Å². The molecule has 0 atom stereocenters. The lowest BCUT2D eigenvalue weighted by Gasteiger charge is -2.29. The van der Waals surface area contributed by atoms with Crippen molar-refractivity contribution in [3.05, 3.63) is 35.6 Å². The van der Waals surface area contributed by atoms with Crippen LogP contribution in [0, 0.1) is 11.2 Å². The van der Waals surface area contributed by atoms with Crippen molar-refractivity contribution in [2.45, 2.75) is 32.1 Å². The lowest BCUT2D eigenvalue weighted by Crippen LogP contribution is -2.35. The zero-order chi connectivity index (χ0) is 13.6. The second-order valence-electron chi connectivity index (χ2n) is 5.68. The van der Waals surface area contributed by atoms with Crippen molar-refractivity contribution in [3.63, 3.8) is 0 Å². The molecule has 19 heavy (non-hydrogen) atoms. The third-order valence-corrected chi connectivity index (χ3v) is 4.14. The van der Waals surface area contributed by atoms with Gasteiger partial charge in [-0.25, -0.2) is 4.39 Å². The molecule has 1 aromatic rings. The highest BCUT2D eigenvalue weighted by Gasteiger charge is 2.33. The van der Waals surface area contributed by atoms with Gasteiger partial charge in [0, 0.05) is 20.2 Å². The van der Waals surface area contributed by atoms with Gasteiger partial charge >= 0.3 is 0 Å². The molecule has 1 N–H and O–H groups in total. The summed E-state index contributed by atoms with van der Waals surface area (Å²) in [5.41, 5.74) is 1.60. The normalized spacial score (nSPS) is 17.8. The monoisotopic (exact) mass is 265 g/mol. The van der Waals surface area contributed by atoms with Gasteiger partial charge in [-0.2, -0.15) is 0 Å². The standard InChI is InChI=1S/C16H24FNO/c1-19-11-10-18-13-16(8-2-3-9-16)12-14-4-6-15(17)7-5-14/h4-7,18H,2-3,8-13H2,1H3. The van der Waals surface area contributed by atoms with Crippen molar-refractivity contribution in [2.24, 2.45) is 5.41 Å². The summed E-state index contributed by atoms with van der Waals surface area (Å²) in [6.45, 7) is 2.70. The first-order valence-electron chi connectivity index (χ1n) is 7.18. The summed E-state index contributed by atoms with van der Waals surface area (Å²) in [7, 11) is 1.73. The van der Waals surface area contributed by atoms with E-state index in [-0.39, 0.29) is 5.82 Å². The maximum Gasteiger partial charge on any atom is 0.123 e. The van der Waals surface area contributed by atoms with Crippen molar-refractivity contribution in [3.8, 4) is 0 Å². The Morgan fingerprint density at radius 2 is 1.89 bits per heavy atom. The van der Waals surface area contributed by atoms with Gasteiger partial charge in [0.1, 0.15) is 5.82 Å². The number of halogens is 1. The third kappa shape index (κ3) is 4.29. The zero-order valence-electron chi connectivity index (χ0n) is 11.8. The van der Waals surface area contributed by atoms with Crippen LogP contribution in [-0.4, -0.2) is 26.8 Å². The average molecular weight is 265 g/mol. The Balaban J connectivity index is 1.93. The maximum absolute atomic E-state index is 13.0. The molecule has 1 aliphatic rings. The molecular formula is C16H24FNO. The first-order chi connectivity index (χ1) is 9.24. The Morgan fingerprint density at radius 1 is 1.21 bits per heavy atom. The molecule has 0 radical (unpaired) electrons. The number of benzene rings is 1. The number of hydrogen-bond donors (Lipinski definition) is 1. The molecule has 0 spiro atoms. The van der Waals surface area contributed by atoms with Gasteiger partial charge in [-0.3, -0.25) is 0 Å². The summed E-state index contributed by atoms with van der Waals surface area (Å²) in [4.78, 5) is 0. The van der Waals surface area contributed by atoms with Gasteiger partial charge in [-0.05, 0) is 42.4 Å². The molecule has 0 aliphatic heterocycles. The van der Waals surface area contributed by atoms with Gasteiger partial charge in [-0.1, -0.05) is 25.0 Å². The van der Waals surface area contributed by atoms with Crippen LogP contribution in [0.3, 0.4) is 0 Å². The van der Waals surface area contributed by atoms with E-state index in [9.17, 15) is 4.39 Å². The smallest absolute Gasteiger partial charge is 0.123 e. The van der Waals surface area contributed by atoms with Crippen molar-refractivity contribution in [2.75, 3.05) is 26.8 Å². The van der Waals surface area contributed by atoms with E-state index in [1.165, 1.54) is 31.2 Å². The average Bonchev–Trinajstić information content (AvgIpc) is 2.87. The van der Waals surface area contributed by atoms with Gasteiger partial charge in [0.05, 0.1) is 6.61 Å². The van der Waals surface area contributed by atoms with Gasteiger partial charge in [0.25, 0.3) is 0 Å². The van der Waals surface area contributed by atoms with Crippen LogP contribution in [0.4, 0.5) is 4.39 Å². The highest BCUT2D eigenvalue weighted by molar-refractivity contribution is 5.18. The van der Waals surface area contributed by atoms with Crippen molar-refractivity contribution >= 4 is 0 Å². The quantitative estimate of drug-likeness (QED) is 0.765. The van der Waals surface area contributed by atoms with Crippen molar-refractivity contribution < 1.29 is 9.13 Å². The van der Waals surface area contributed by atoms with Crippen LogP contribution < -0.4 is 5.32 Å². The number of rotatable bonds is 7. The Kier molecular flexibility index (Phi) is 5.34. The summed E-state index contributed by atoms with van der Waals surface area (Å²) < 4.78 is 18.0. The second kappa shape index (κ2) is 7.01. The van der Waals surface area contributed by atoms with Crippen LogP contribution in [0.25, 0.3) is 0 Å². The minimum atomic E-state index is -0.151. The molecule has 0 amide bonds. The molecule has 0 unspecified atom stereocenters. The van der Waals surface area contributed by atoms with E-state index in [2.05, 4.69) is 5.32 Å². The lowest BCUT2D eigenvalue weighted by atomic mass is 9.80. The summed E-state index contributed by atoms with van der Waals surface area (Å²) in [6.07, 6.45) is 6.21. The number of hydrogen-bond acceptors (Lipinski definition) is 2. The van der Waals surface area contributed by atoms with Gasteiger partial charge < -0.3 is 10.1 Å². The Labute approximate surface area is 115 Å². The Morgan fingerprint density at radius 3 is 2.53 bits per heavy atom. The molecule has 2 nitrogen and oxygen atoms in total. The van der Waals surface area contributed by atoms with Crippen LogP contribution in [0.5, 0.6) is 0 Å². The first-order valence-corrected chi connectivity index (χ1v) is 7.18. The first kappa shape index (κ1) is 14.5. The molecule has 1 aliphatic carbocycles. The molecule has 0 aromatic heterocycles. The summed E-state index contributed by atoms with van der Waals surface area (Å²) in [5, 5.41) is 3.50. The molecule has 1 saturated carbocycles. The number of ether oxygens (including phenoxy) is 1. The minimum absolute atomic E-state index is 0.151. The molecule has 0 saturated heterocycles. The third-order valence-electron chi connectivity index (χ3n) is 4.14. The summed E-state index contributed by atoms with van der Waals surface area (Å²) >= 11 is 0. The molecular weight excluding hydrogens is 241 g/mol. The maximum atomic E-state index is 13.0. The molecule has 106 valence electrons. The summed E-state index contributed by atoms with van der Waals surface area (Å²) in [6, 6.07) is 6.97. The fourth-order valence-corrected chi connectivity index (χ4v) is 3.10. The number of nitrogens with one attached hydrogen (secondary N) is 1. The fourth-order valence-electron chi connectivity index (χ4n) is 3.10. The van der Waals surface area contributed by atoms with Gasteiger partial charge in [0.2, 0.25) is 0 Å². The van der Waals surface area contributed by atoms with Crippen molar-refractivity contribution in [1.82, 2.24) is 5.32 Å². The van der Waals surface area contributed by atoms with Gasteiger partial charge in [-0.15, -0.1) is 0 Å². The molecule has 1 aromatic carbocycles. The van der Waals surface area contributed by atoms with Crippen molar-refractivity contribution in [1.29, 1.82) is 0 Å². The van der Waals surface area contributed by atoms with Crippen LogP contribution in [0.1, 0.15) is 31.2 Å². The predicted octanol–water partition coefficient (Wildman–Crippen LogP) is 3.16. The molecule has 2 rings (SSSR count). The fraction of sp³-hybridized carbons (Fsp3) is 0.625. The van der Waals surface area contributed by atoms with E-state index in [1.54, 1.807) is 19.2 Å². The summed E-state index contributed by atoms with van der Waals surface area (Å²) in [5.74, 6) is -0.151. The van der Waals surface area contributed by atoms with Gasteiger partial charge in [0.15, 0.2) is 0 Å². The van der Waals surface area contributed by atoms with E-state index < -0.39 is 0 Å². The topological polar surface area (TPSA) is 21.3 Å². The molecule has 1 fully saturated rings. The SMILES string of the molecule is COCCNCC1(Cc2ccc(F)cc2)CCCC1.